The molecule has 1 aromatic heterocycles. The van der Waals surface area contributed by atoms with Gasteiger partial charge < -0.3 is 10.3 Å². The third-order valence-corrected chi connectivity index (χ3v) is 4.20. The summed E-state index contributed by atoms with van der Waals surface area (Å²) in [6.45, 7) is 2.39. The molecule has 0 fully saturated rings. The Morgan fingerprint density at radius 2 is 2.00 bits per heavy atom. The molecule has 0 unspecified atom stereocenters. The summed E-state index contributed by atoms with van der Waals surface area (Å²) in [6.07, 6.45) is 0.727. The average molecular weight is 295 g/mol. The fraction of sp³-hybridized carbons (Fsp3) is 0.308. The monoisotopic (exact) mass is 295 g/mol. The van der Waals surface area contributed by atoms with Gasteiger partial charge in [-0.2, -0.15) is 0 Å². The highest BCUT2D eigenvalue weighted by atomic mass is 32.2. The number of nitrogens with one attached hydrogen (secondary N) is 1. The van der Waals surface area contributed by atoms with Crippen LogP contribution in [0.2, 0.25) is 0 Å². The van der Waals surface area contributed by atoms with Gasteiger partial charge in [0, 0.05) is 6.07 Å². The summed E-state index contributed by atoms with van der Waals surface area (Å²) < 4.78 is 31.6. The van der Waals surface area contributed by atoms with Gasteiger partial charge in [-0.15, -0.1) is 0 Å². The van der Waals surface area contributed by atoms with Crippen LogP contribution >= 0.6 is 0 Å². The van der Waals surface area contributed by atoms with Crippen molar-refractivity contribution in [3.05, 3.63) is 47.3 Å². The molecular weight excluding hydrogens is 278 g/mol. The lowest BCUT2D eigenvalue weighted by Gasteiger charge is -2.06. The molecule has 1 aromatic carbocycles. The lowest BCUT2D eigenvalue weighted by atomic mass is 10.2. The molecule has 3 N–H and O–H groups in total. The highest BCUT2D eigenvalue weighted by Gasteiger charge is 2.14. The maximum Gasteiger partial charge on any atom is 0.240 e. The molecule has 0 saturated carbocycles. The molecule has 2 aromatic rings. The molecule has 0 amide bonds. The average Bonchev–Trinajstić information content (AvgIpc) is 2.84. The van der Waals surface area contributed by atoms with Crippen LogP contribution in [0.25, 0.3) is 0 Å². The van der Waals surface area contributed by atoms with Crippen LogP contribution in [0, 0.1) is 6.92 Å². The van der Waals surface area contributed by atoms with Crippen molar-refractivity contribution in [2.75, 3.05) is 6.54 Å². The van der Waals surface area contributed by atoms with Crippen molar-refractivity contribution in [1.82, 2.24) is 9.88 Å². The Morgan fingerprint density at radius 1 is 1.30 bits per heavy atom. The molecule has 0 aliphatic heterocycles. The predicted octanol–water partition coefficient (Wildman–Crippen LogP) is 0.963. The van der Waals surface area contributed by atoms with Gasteiger partial charge in [0.2, 0.25) is 10.0 Å². The number of hydrogen-bond acceptors (Lipinski definition) is 5. The molecule has 0 aliphatic carbocycles. The van der Waals surface area contributed by atoms with E-state index in [-0.39, 0.29) is 11.4 Å². The molecule has 1 heterocycles. The molecule has 0 atom stereocenters. The molecule has 6 nitrogen and oxygen atoms in total. The summed E-state index contributed by atoms with van der Waals surface area (Å²) in [7, 11) is -3.55. The van der Waals surface area contributed by atoms with Gasteiger partial charge in [-0.3, -0.25) is 0 Å². The third-order valence-electron chi connectivity index (χ3n) is 2.78. The van der Waals surface area contributed by atoms with Gasteiger partial charge >= 0.3 is 0 Å². The first-order valence-corrected chi connectivity index (χ1v) is 7.70. The van der Waals surface area contributed by atoms with E-state index in [4.69, 9.17) is 10.3 Å². The minimum Gasteiger partial charge on any atom is -0.360 e. The van der Waals surface area contributed by atoms with Crippen LogP contribution in [-0.2, 0) is 23.0 Å². The highest BCUT2D eigenvalue weighted by molar-refractivity contribution is 7.89. The van der Waals surface area contributed by atoms with Gasteiger partial charge in [-0.05, 0) is 37.6 Å². The van der Waals surface area contributed by atoms with Gasteiger partial charge in [0.05, 0.1) is 17.1 Å². The largest absolute Gasteiger partial charge is 0.360 e. The lowest BCUT2D eigenvalue weighted by Crippen LogP contribution is -2.23. The number of nitrogens with two attached hydrogens (primary N) is 1. The van der Waals surface area contributed by atoms with Crippen LogP contribution in [0.3, 0.4) is 0 Å². The zero-order valence-electron chi connectivity index (χ0n) is 11.2. The van der Waals surface area contributed by atoms with Gasteiger partial charge in [-0.25, -0.2) is 13.1 Å². The van der Waals surface area contributed by atoms with E-state index in [2.05, 4.69) is 9.88 Å². The quantitative estimate of drug-likeness (QED) is 0.827. The molecule has 108 valence electrons. The third kappa shape index (κ3) is 3.66. The molecule has 7 heteroatoms. The molecule has 0 radical (unpaired) electrons. The second kappa shape index (κ2) is 6.17. The van der Waals surface area contributed by atoms with Crippen molar-refractivity contribution in [3.63, 3.8) is 0 Å². The zero-order valence-corrected chi connectivity index (χ0v) is 12.0. The first-order valence-electron chi connectivity index (χ1n) is 6.22. The van der Waals surface area contributed by atoms with E-state index in [1.807, 2.05) is 0 Å². The molecule has 0 aliphatic rings. The van der Waals surface area contributed by atoms with Crippen molar-refractivity contribution < 1.29 is 12.9 Å². The van der Waals surface area contributed by atoms with Crippen molar-refractivity contribution in [2.24, 2.45) is 5.73 Å². The number of aryl methyl sites for hydroxylation is 1. The van der Waals surface area contributed by atoms with Crippen molar-refractivity contribution in [3.8, 4) is 0 Å². The Morgan fingerprint density at radius 3 is 2.55 bits per heavy atom. The normalized spacial score (nSPS) is 11.7. The van der Waals surface area contributed by atoms with Gasteiger partial charge in [-0.1, -0.05) is 17.3 Å². The van der Waals surface area contributed by atoms with Crippen LogP contribution in [0.5, 0.6) is 0 Å². The van der Waals surface area contributed by atoms with Crippen molar-refractivity contribution in [2.45, 2.75) is 24.8 Å². The number of rotatable bonds is 6. The number of nitrogens with zero attached hydrogens (tertiary/aromatic N) is 1. The molecule has 20 heavy (non-hydrogen) atoms. The predicted molar refractivity (Wildman–Crippen MR) is 74.5 cm³/mol. The van der Waals surface area contributed by atoms with Crippen LogP contribution < -0.4 is 10.5 Å². The molecule has 0 bridgehead atoms. The lowest BCUT2D eigenvalue weighted by molar-refractivity contribution is 0.377. The van der Waals surface area contributed by atoms with Crippen LogP contribution in [0.1, 0.15) is 17.0 Å². The molecule has 0 saturated heterocycles. The summed E-state index contributed by atoms with van der Waals surface area (Å²) in [6, 6.07) is 8.35. The van der Waals surface area contributed by atoms with Crippen molar-refractivity contribution in [1.29, 1.82) is 0 Å². The summed E-state index contributed by atoms with van der Waals surface area (Å²) in [4.78, 5) is 0.217. The number of sulfonamides is 1. The maximum absolute atomic E-state index is 12.1. The highest BCUT2D eigenvalue weighted by Crippen LogP contribution is 2.12. The van der Waals surface area contributed by atoms with E-state index in [0.717, 1.165) is 12.0 Å². The Bertz CT molecular complexity index is 662. The first-order chi connectivity index (χ1) is 9.51. The summed E-state index contributed by atoms with van der Waals surface area (Å²) in [5, 5.41) is 3.70. The maximum atomic E-state index is 12.1. The second-order valence-corrected chi connectivity index (χ2v) is 6.21. The van der Waals surface area contributed by atoms with Crippen LogP contribution in [-0.4, -0.2) is 20.1 Å². The van der Waals surface area contributed by atoms with E-state index in [9.17, 15) is 8.42 Å². The number of aromatic nitrogens is 1. The van der Waals surface area contributed by atoms with E-state index >= 15 is 0 Å². The van der Waals surface area contributed by atoms with E-state index in [1.165, 1.54) is 0 Å². The Hall–Kier alpha value is -1.70. The zero-order chi connectivity index (χ0) is 14.6. The van der Waals surface area contributed by atoms with E-state index < -0.39 is 10.0 Å². The van der Waals surface area contributed by atoms with Gasteiger partial charge in [0.1, 0.15) is 0 Å². The number of benzene rings is 1. The Balaban J connectivity index is 2.05. The van der Waals surface area contributed by atoms with Crippen LogP contribution in [0.4, 0.5) is 0 Å². The Kier molecular flexibility index (Phi) is 4.53. The molecular formula is C13H17N3O3S. The van der Waals surface area contributed by atoms with Gasteiger partial charge in [0.25, 0.3) is 0 Å². The minimum atomic E-state index is -3.55. The topological polar surface area (TPSA) is 98.2 Å². The fourth-order valence-corrected chi connectivity index (χ4v) is 2.74. The van der Waals surface area contributed by atoms with E-state index in [1.54, 1.807) is 37.3 Å². The molecule has 0 spiro atoms. The molecule has 2 rings (SSSR count). The standard InChI is InChI=1S/C13H17N3O3S/c1-10-8-12(19-16-10)9-15-20(17,18)13-4-2-11(3-5-13)6-7-14/h2-5,8,15H,6-7,9,14H2,1H3. The number of hydrogen-bond donors (Lipinski definition) is 2. The summed E-state index contributed by atoms with van der Waals surface area (Å²) in [5.74, 6) is 0.478. The van der Waals surface area contributed by atoms with Crippen LogP contribution in [0.15, 0.2) is 39.8 Å². The first kappa shape index (κ1) is 14.7. The summed E-state index contributed by atoms with van der Waals surface area (Å²) >= 11 is 0. The second-order valence-electron chi connectivity index (χ2n) is 4.44. The SMILES string of the molecule is Cc1cc(CNS(=O)(=O)c2ccc(CCN)cc2)on1. The smallest absolute Gasteiger partial charge is 0.240 e. The van der Waals surface area contributed by atoms with Crippen molar-refractivity contribution >= 4 is 10.0 Å². The summed E-state index contributed by atoms with van der Waals surface area (Å²) in [5.41, 5.74) is 7.18. The van der Waals surface area contributed by atoms with Gasteiger partial charge in [0.15, 0.2) is 5.76 Å². The fourth-order valence-electron chi connectivity index (χ4n) is 1.75. The minimum absolute atomic E-state index is 0.0771. The van der Waals surface area contributed by atoms with E-state index in [0.29, 0.717) is 18.0 Å². The Labute approximate surface area is 118 Å².